The van der Waals surface area contributed by atoms with Crippen LogP contribution in [-0.2, 0) is 13.0 Å². The number of aryl methyl sites for hydroxylation is 1. The highest BCUT2D eigenvalue weighted by Crippen LogP contribution is 2.30. The standard InChI is InChI=1S/C18H16N4O2S/c1-2-6-15-20-16(24-21-15)10-22-11-19-13-9-14(25-17(13)18(22)23)12-7-4-3-5-8-12/h3-5,7-9,11H,2,6,10H2,1H3. The number of rotatable bonds is 5. The van der Waals surface area contributed by atoms with E-state index in [0.29, 0.717) is 21.9 Å². The van der Waals surface area contributed by atoms with Gasteiger partial charge in [-0.3, -0.25) is 9.36 Å². The van der Waals surface area contributed by atoms with Crippen LogP contribution in [0.2, 0.25) is 0 Å². The summed E-state index contributed by atoms with van der Waals surface area (Å²) in [5.41, 5.74) is 1.70. The molecule has 0 saturated carbocycles. The van der Waals surface area contributed by atoms with Gasteiger partial charge in [-0.15, -0.1) is 11.3 Å². The van der Waals surface area contributed by atoms with Gasteiger partial charge in [-0.25, -0.2) is 4.98 Å². The summed E-state index contributed by atoms with van der Waals surface area (Å²) in [5.74, 6) is 1.09. The molecule has 4 aromatic rings. The molecule has 0 saturated heterocycles. The number of benzene rings is 1. The first kappa shape index (κ1) is 15.7. The normalized spacial score (nSPS) is 11.2. The Morgan fingerprint density at radius 3 is 2.88 bits per heavy atom. The molecule has 3 heterocycles. The highest BCUT2D eigenvalue weighted by Gasteiger charge is 2.13. The minimum Gasteiger partial charge on any atom is -0.337 e. The smallest absolute Gasteiger partial charge is 0.271 e. The summed E-state index contributed by atoms with van der Waals surface area (Å²) in [4.78, 5) is 22.5. The summed E-state index contributed by atoms with van der Waals surface area (Å²) in [6, 6.07) is 11.9. The fraction of sp³-hybridized carbons (Fsp3) is 0.222. The van der Waals surface area contributed by atoms with Gasteiger partial charge in [0.15, 0.2) is 5.82 Å². The van der Waals surface area contributed by atoms with Crippen LogP contribution in [-0.4, -0.2) is 19.7 Å². The number of hydrogen-bond donors (Lipinski definition) is 0. The molecule has 6 nitrogen and oxygen atoms in total. The highest BCUT2D eigenvalue weighted by molar-refractivity contribution is 7.22. The maximum Gasteiger partial charge on any atom is 0.271 e. The third kappa shape index (κ3) is 3.10. The van der Waals surface area contributed by atoms with Crippen LogP contribution < -0.4 is 5.56 Å². The number of aromatic nitrogens is 4. The van der Waals surface area contributed by atoms with Gasteiger partial charge in [-0.2, -0.15) is 4.98 Å². The van der Waals surface area contributed by atoms with Gasteiger partial charge in [0, 0.05) is 11.3 Å². The van der Waals surface area contributed by atoms with E-state index in [1.807, 2.05) is 36.4 Å². The molecule has 1 aromatic carbocycles. The van der Waals surface area contributed by atoms with Gasteiger partial charge in [0.25, 0.3) is 5.56 Å². The van der Waals surface area contributed by atoms with Crippen molar-refractivity contribution >= 4 is 21.6 Å². The van der Waals surface area contributed by atoms with Gasteiger partial charge >= 0.3 is 0 Å². The number of thiophene rings is 1. The van der Waals surface area contributed by atoms with E-state index in [4.69, 9.17) is 4.52 Å². The van der Waals surface area contributed by atoms with Crippen molar-refractivity contribution in [1.82, 2.24) is 19.7 Å². The van der Waals surface area contributed by atoms with E-state index in [1.54, 1.807) is 0 Å². The molecule has 0 unspecified atom stereocenters. The topological polar surface area (TPSA) is 73.8 Å². The Bertz CT molecular complexity index is 1070. The van der Waals surface area contributed by atoms with Gasteiger partial charge in [-0.05, 0) is 18.1 Å². The minimum atomic E-state index is -0.0903. The summed E-state index contributed by atoms with van der Waals surface area (Å²) in [6.07, 6.45) is 3.25. The SMILES string of the molecule is CCCc1noc(Cn2cnc3cc(-c4ccccc4)sc3c2=O)n1. The van der Waals surface area contributed by atoms with Crippen molar-refractivity contribution in [2.75, 3.05) is 0 Å². The molecule has 4 rings (SSSR count). The Balaban J connectivity index is 1.68. The molecule has 0 bridgehead atoms. The number of nitrogens with zero attached hydrogens (tertiary/aromatic N) is 4. The molecule has 0 spiro atoms. The quantitative estimate of drug-likeness (QED) is 0.549. The van der Waals surface area contributed by atoms with Crippen LogP contribution >= 0.6 is 11.3 Å². The number of hydrogen-bond acceptors (Lipinski definition) is 6. The number of fused-ring (bicyclic) bond motifs is 1. The summed E-state index contributed by atoms with van der Waals surface area (Å²) in [7, 11) is 0. The van der Waals surface area contributed by atoms with Crippen molar-refractivity contribution in [3.05, 3.63) is 64.8 Å². The fourth-order valence-electron chi connectivity index (χ4n) is 2.63. The molecule has 0 aliphatic carbocycles. The first-order valence-corrected chi connectivity index (χ1v) is 8.92. The van der Waals surface area contributed by atoms with Crippen molar-refractivity contribution in [3.8, 4) is 10.4 Å². The van der Waals surface area contributed by atoms with E-state index in [0.717, 1.165) is 23.3 Å². The van der Waals surface area contributed by atoms with E-state index in [-0.39, 0.29) is 12.1 Å². The molecule has 0 radical (unpaired) electrons. The van der Waals surface area contributed by atoms with Crippen LogP contribution in [0.25, 0.3) is 20.7 Å². The Labute approximate surface area is 147 Å². The van der Waals surface area contributed by atoms with Crippen molar-refractivity contribution in [1.29, 1.82) is 0 Å². The van der Waals surface area contributed by atoms with Crippen molar-refractivity contribution in [3.63, 3.8) is 0 Å². The van der Waals surface area contributed by atoms with Crippen LogP contribution in [0.5, 0.6) is 0 Å². The Kier molecular flexibility index (Phi) is 4.15. The third-order valence-electron chi connectivity index (χ3n) is 3.85. The lowest BCUT2D eigenvalue weighted by Crippen LogP contribution is -2.20. The zero-order valence-electron chi connectivity index (χ0n) is 13.7. The largest absolute Gasteiger partial charge is 0.337 e. The molecule has 0 amide bonds. The monoisotopic (exact) mass is 352 g/mol. The van der Waals surface area contributed by atoms with Crippen molar-refractivity contribution in [2.45, 2.75) is 26.3 Å². The molecule has 3 aromatic heterocycles. The summed E-state index contributed by atoms with van der Waals surface area (Å²) in [5, 5.41) is 3.92. The zero-order chi connectivity index (χ0) is 17.2. The average Bonchev–Trinajstić information content (AvgIpc) is 3.26. The molecule has 0 fully saturated rings. The zero-order valence-corrected chi connectivity index (χ0v) is 14.5. The van der Waals surface area contributed by atoms with E-state index < -0.39 is 0 Å². The van der Waals surface area contributed by atoms with E-state index >= 15 is 0 Å². The van der Waals surface area contributed by atoms with Crippen LogP contribution in [0.15, 0.2) is 52.0 Å². The Morgan fingerprint density at radius 2 is 2.08 bits per heavy atom. The first-order chi connectivity index (χ1) is 12.2. The molecule has 0 N–H and O–H groups in total. The second kappa shape index (κ2) is 6.60. The molecular formula is C18H16N4O2S. The molecule has 25 heavy (non-hydrogen) atoms. The Morgan fingerprint density at radius 1 is 1.24 bits per heavy atom. The van der Waals surface area contributed by atoms with Crippen LogP contribution in [0.1, 0.15) is 25.1 Å². The van der Waals surface area contributed by atoms with Gasteiger partial charge in [0.05, 0.1) is 11.8 Å². The molecule has 0 aliphatic rings. The molecular weight excluding hydrogens is 336 g/mol. The lowest BCUT2D eigenvalue weighted by Gasteiger charge is -2.00. The van der Waals surface area contributed by atoms with Gasteiger partial charge < -0.3 is 4.52 Å². The van der Waals surface area contributed by atoms with E-state index in [9.17, 15) is 4.79 Å². The van der Waals surface area contributed by atoms with Crippen LogP contribution in [0, 0.1) is 0 Å². The molecule has 126 valence electrons. The maximum absolute atomic E-state index is 12.8. The summed E-state index contributed by atoms with van der Waals surface area (Å²) in [6.45, 7) is 2.29. The highest BCUT2D eigenvalue weighted by atomic mass is 32.1. The lowest BCUT2D eigenvalue weighted by molar-refractivity contribution is 0.364. The van der Waals surface area contributed by atoms with Crippen LogP contribution in [0.3, 0.4) is 0 Å². The first-order valence-electron chi connectivity index (χ1n) is 8.10. The second-order valence-corrected chi connectivity index (χ2v) is 6.78. The third-order valence-corrected chi connectivity index (χ3v) is 5.01. The van der Waals surface area contributed by atoms with Crippen molar-refractivity contribution in [2.24, 2.45) is 0 Å². The van der Waals surface area contributed by atoms with Gasteiger partial charge in [0.1, 0.15) is 11.2 Å². The summed E-state index contributed by atoms with van der Waals surface area (Å²) < 4.78 is 7.36. The average molecular weight is 352 g/mol. The van der Waals surface area contributed by atoms with E-state index in [2.05, 4.69) is 22.0 Å². The second-order valence-electron chi connectivity index (χ2n) is 5.72. The lowest BCUT2D eigenvalue weighted by atomic mass is 10.2. The molecule has 0 aliphatic heterocycles. The Hall–Kier alpha value is -2.80. The fourth-order valence-corrected chi connectivity index (χ4v) is 3.69. The maximum atomic E-state index is 12.8. The predicted molar refractivity (Wildman–Crippen MR) is 96.7 cm³/mol. The summed E-state index contributed by atoms with van der Waals surface area (Å²) >= 11 is 1.45. The minimum absolute atomic E-state index is 0.0903. The molecule has 0 atom stereocenters. The van der Waals surface area contributed by atoms with Gasteiger partial charge in [0.2, 0.25) is 5.89 Å². The molecule has 7 heteroatoms. The van der Waals surface area contributed by atoms with Gasteiger partial charge in [-0.1, -0.05) is 42.4 Å². The van der Waals surface area contributed by atoms with Crippen LogP contribution in [0.4, 0.5) is 0 Å². The predicted octanol–water partition coefficient (Wildman–Crippen LogP) is 3.51. The van der Waals surface area contributed by atoms with Crippen molar-refractivity contribution < 1.29 is 4.52 Å². The van der Waals surface area contributed by atoms with E-state index in [1.165, 1.54) is 22.2 Å².